The molecule has 0 fully saturated rings. The minimum atomic E-state index is -0.0772. The van der Waals surface area contributed by atoms with E-state index in [4.69, 9.17) is 0 Å². The number of allylic oxidation sites excluding steroid dienone is 6. The molecule has 3 rings (SSSR count). The van der Waals surface area contributed by atoms with Crippen LogP contribution in [0.25, 0.3) is 5.57 Å². The quantitative estimate of drug-likeness (QED) is 0.167. The Morgan fingerprint density at radius 1 is 1.21 bits per heavy atom. The van der Waals surface area contributed by atoms with Gasteiger partial charge in [0.05, 0.1) is 17.6 Å². The molecule has 0 atom stereocenters. The zero-order valence-corrected chi connectivity index (χ0v) is 19.0. The molecule has 2 heterocycles. The average Bonchev–Trinajstić information content (AvgIpc) is 2.90. The number of aliphatic imine (C=N–C) groups is 1. The molecule has 0 aromatic carbocycles. The van der Waals surface area contributed by atoms with Gasteiger partial charge in [0.1, 0.15) is 12.7 Å². The molecule has 1 aliphatic carbocycles. The summed E-state index contributed by atoms with van der Waals surface area (Å²) < 4.78 is 1.90. The summed E-state index contributed by atoms with van der Waals surface area (Å²) in [4.78, 5) is 24.2. The smallest absolute Gasteiger partial charge is 0.195 e. The fourth-order valence-electron chi connectivity index (χ4n) is 2.75. The normalized spacial score (nSPS) is 13.1. The molecule has 2 aromatic rings. The largest absolute Gasteiger partial charge is 0.369 e. The number of carbonyl (C=O) groups is 1. The zero-order valence-electron chi connectivity index (χ0n) is 16.9. The van der Waals surface area contributed by atoms with Crippen molar-refractivity contribution in [1.29, 1.82) is 0 Å². The third-order valence-corrected chi connectivity index (χ3v) is 4.26. The number of nitrogens with zero attached hydrogens (tertiary/aromatic N) is 4. The number of hydrogen-bond donors (Lipinski definition) is 0. The van der Waals surface area contributed by atoms with Crippen LogP contribution in [0.5, 0.6) is 0 Å². The molecule has 0 unspecified atom stereocenters. The Morgan fingerprint density at radius 2 is 1.93 bits per heavy atom. The summed E-state index contributed by atoms with van der Waals surface area (Å²) in [5.74, 6) is 1.07. The molecule has 0 aliphatic heterocycles. The van der Waals surface area contributed by atoms with Gasteiger partial charge >= 0.3 is 0 Å². The molecule has 2 aromatic heterocycles. The van der Waals surface area contributed by atoms with Gasteiger partial charge in [0.15, 0.2) is 18.2 Å². The minimum absolute atomic E-state index is 0. The molecule has 0 spiro atoms. The molecular weight excluding hydrogens is 610 g/mol. The molecule has 0 bridgehead atoms. The Labute approximate surface area is 166 Å². The van der Waals surface area contributed by atoms with E-state index in [0.29, 0.717) is 22.5 Å². The van der Waals surface area contributed by atoms with Crippen molar-refractivity contribution < 1.29 is 9.36 Å². The van der Waals surface area contributed by atoms with Gasteiger partial charge in [0.2, 0.25) is 0 Å². The van der Waals surface area contributed by atoms with Crippen LogP contribution < -0.4 is 4.57 Å². The maximum absolute atomic E-state index is 13.2. The van der Waals surface area contributed by atoms with Crippen LogP contribution in [0.1, 0.15) is 28.5 Å². The molecule has 1 radical (unpaired) electrons. The van der Waals surface area contributed by atoms with E-state index in [0.717, 1.165) is 11.5 Å². The van der Waals surface area contributed by atoms with Crippen LogP contribution in [0.3, 0.4) is 0 Å². The van der Waals surface area contributed by atoms with E-state index in [1.165, 1.54) is 0 Å². The molecule has 0 N–H and O–H groups in total. The van der Waals surface area contributed by atoms with Gasteiger partial charge in [-0.25, -0.2) is 9.56 Å². The molecule has 0 saturated carbocycles. The SMILES string of the molecule is C[C-]1C=CC=C(c2nccc(C(=O)c3cc[n+](C)cc3)c2N=CN(C)C)C=C1.[Lr]. The second-order valence-corrected chi connectivity index (χ2v) is 6.90. The Hall–Kier alpha value is -4.47. The monoisotopic (exact) mass is 634 g/mol. The third kappa shape index (κ3) is 4.83. The van der Waals surface area contributed by atoms with E-state index in [9.17, 15) is 4.79 Å². The van der Waals surface area contributed by atoms with Gasteiger partial charge in [-0.2, -0.15) is 24.1 Å². The van der Waals surface area contributed by atoms with E-state index in [1.807, 2.05) is 92.4 Å². The maximum atomic E-state index is 13.2. The van der Waals surface area contributed by atoms with E-state index >= 15 is 0 Å². The number of aromatic nitrogens is 2. The van der Waals surface area contributed by atoms with Crippen molar-refractivity contribution in [3.05, 3.63) is 89.9 Å². The molecule has 157 valence electrons. The van der Waals surface area contributed by atoms with Gasteiger partial charge in [0, 0.05) is 38.0 Å². The van der Waals surface area contributed by atoms with E-state index in [-0.39, 0.29) is 5.78 Å². The van der Waals surface area contributed by atoms with Crippen molar-refractivity contribution in [2.75, 3.05) is 14.1 Å². The number of pyridine rings is 2. The molecular formula is C23H24LrN4O. The third-order valence-electron chi connectivity index (χ3n) is 4.26. The van der Waals surface area contributed by atoms with Gasteiger partial charge < -0.3 is 4.90 Å². The van der Waals surface area contributed by atoms with Crippen LogP contribution in [-0.4, -0.2) is 36.1 Å². The van der Waals surface area contributed by atoms with Crippen LogP contribution in [0.2, 0.25) is 0 Å². The van der Waals surface area contributed by atoms with Crippen LogP contribution in [0.15, 0.2) is 72.2 Å². The van der Waals surface area contributed by atoms with Crippen LogP contribution >= 0.6 is 0 Å². The summed E-state index contributed by atoms with van der Waals surface area (Å²) in [6.45, 7) is 2.04. The number of carbonyl (C=O) groups excluding carboxylic acids is 1. The first-order valence-corrected chi connectivity index (χ1v) is 9.05. The Bertz CT molecular complexity index is 988. The van der Waals surface area contributed by atoms with E-state index in [1.54, 1.807) is 18.6 Å². The van der Waals surface area contributed by atoms with Crippen molar-refractivity contribution in [1.82, 2.24) is 9.88 Å². The summed E-state index contributed by atoms with van der Waals surface area (Å²) >= 11 is 0. The zero-order chi connectivity index (χ0) is 20.1. The van der Waals surface area contributed by atoms with E-state index < -0.39 is 0 Å². The molecule has 0 saturated heterocycles. The fourth-order valence-corrected chi connectivity index (χ4v) is 2.75. The maximum Gasteiger partial charge on any atom is 0.195 e. The van der Waals surface area contributed by atoms with Gasteiger partial charge in [-0.15, -0.1) is 12.2 Å². The predicted octanol–water partition coefficient (Wildman–Crippen LogP) is 3.46. The van der Waals surface area contributed by atoms with Gasteiger partial charge in [0.25, 0.3) is 0 Å². The summed E-state index contributed by atoms with van der Waals surface area (Å²) in [6, 6.07) is 5.36. The standard InChI is InChI=1S/C23H24N4O.Lr/c1-17-6-5-7-18(9-8-17)21-22(25-16-26(2)3)20(10-13-24-21)23(28)19-11-14-27(4)15-12-19;/h5-16H,1-4H3;. The Balaban J connectivity index is 0.00000300. The first kappa shape index (κ1) is 20.8. The van der Waals surface area contributed by atoms with Crippen LogP contribution in [-0.2, 0) is 7.05 Å². The molecule has 1 aliphatic rings. The minimum Gasteiger partial charge on any atom is -0.369 e. The molecule has 29 heavy (non-hydrogen) atoms. The van der Waals surface area contributed by atoms with Crippen molar-refractivity contribution in [2.45, 2.75) is 6.92 Å². The number of ketones is 1. The number of hydrogen-bond acceptors (Lipinski definition) is 3. The number of aryl methyl sites for hydroxylation is 1. The topological polar surface area (TPSA) is 49.4 Å². The van der Waals surface area contributed by atoms with Crippen molar-refractivity contribution in [3.63, 3.8) is 0 Å². The predicted molar refractivity (Wildman–Crippen MR) is 112 cm³/mol. The summed E-state index contributed by atoms with van der Waals surface area (Å²) in [7, 11) is 5.71. The van der Waals surface area contributed by atoms with Gasteiger partial charge in [-0.1, -0.05) is 12.5 Å². The van der Waals surface area contributed by atoms with Gasteiger partial charge in [-0.05, 0) is 6.07 Å². The van der Waals surface area contributed by atoms with Crippen LogP contribution in [0.4, 0.5) is 5.69 Å². The first-order chi connectivity index (χ1) is 13.5. The Kier molecular flexibility index (Phi) is 6.43. The number of rotatable bonds is 5. The average molecular weight is 634 g/mol. The van der Waals surface area contributed by atoms with Crippen molar-refractivity contribution >= 4 is 23.4 Å². The van der Waals surface area contributed by atoms with Crippen molar-refractivity contribution in [3.8, 4) is 0 Å². The Morgan fingerprint density at radius 3 is 2.62 bits per heavy atom. The second-order valence-electron chi connectivity index (χ2n) is 6.90. The first-order valence-electron chi connectivity index (χ1n) is 9.05. The summed E-state index contributed by atoms with van der Waals surface area (Å²) in [6.07, 6.45) is 17.1. The molecule has 6 heteroatoms. The molecule has 5 nitrogen and oxygen atoms in total. The van der Waals surface area contributed by atoms with E-state index in [2.05, 4.69) is 9.98 Å². The van der Waals surface area contributed by atoms with Crippen molar-refractivity contribution in [2.24, 2.45) is 12.0 Å². The summed E-state index contributed by atoms with van der Waals surface area (Å²) in [5.41, 5.74) is 3.30. The van der Waals surface area contributed by atoms with Gasteiger partial charge in [-0.3, -0.25) is 9.78 Å². The second kappa shape index (κ2) is 8.95. The fraction of sp³-hybridized carbons (Fsp3) is 0.174. The summed E-state index contributed by atoms with van der Waals surface area (Å²) in [5, 5.41) is 0. The van der Waals surface area contributed by atoms with Crippen LogP contribution in [0, 0.1) is 5.92 Å². The molecule has 0 amide bonds.